The number of hydrogen-bond acceptors (Lipinski definition) is 11. The molecule has 3 aromatic heterocycles. The number of aryl methyl sites for hydroxylation is 1. The fourth-order valence-corrected chi connectivity index (χ4v) is 7.59. The van der Waals surface area contributed by atoms with Gasteiger partial charge >= 0.3 is 0 Å². The Hall–Kier alpha value is -4.11. The highest BCUT2D eigenvalue weighted by Gasteiger charge is 2.35. The Bertz CT molecular complexity index is 1730. The lowest BCUT2D eigenvalue weighted by atomic mass is 10.0. The van der Waals surface area contributed by atoms with Crippen molar-refractivity contribution in [3.8, 4) is 23.4 Å². The number of hydrogen-bond donors (Lipinski definition) is 0. The molecule has 0 unspecified atom stereocenters. The van der Waals surface area contributed by atoms with Crippen LogP contribution < -0.4 is 9.80 Å². The van der Waals surface area contributed by atoms with E-state index < -0.39 is 0 Å². The number of likely N-dealkylation sites (tertiary alicyclic amines) is 2. The number of aromatic nitrogens is 4. The second-order valence-corrected chi connectivity index (χ2v) is 12.7. The number of likely N-dealkylation sites (N-methyl/N-ethyl adjacent to an activating group) is 1. The van der Waals surface area contributed by atoms with E-state index in [-0.39, 0.29) is 23.7 Å². The first kappa shape index (κ1) is 29.0. The van der Waals surface area contributed by atoms with Crippen molar-refractivity contribution in [3.05, 3.63) is 40.7 Å². The molecule has 0 spiro atoms. The van der Waals surface area contributed by atoms with Crippen molar-refractivity contribution >= 4 is 49.6 Å². The zero-order valence-electron chi connectivity index (χ0n) is 24.2. The van der Waals surface area contributed by atoms with Gasteiger partial charge in [-0.1, -0.05) is 29.6 Å². The van der Waals surface area contributed by atoms with E-state index in [1.807, 2.05) is 23.4 Å². The van der Waals surface area contributed by atoms with Gasteiger partial charge in [-0.3, -0.25) is 9.69 Å². The van der Waals surface area contributed by atoms with Gasteiger partial charge in [0, 0.05) is 51.4 Å². The Labute approximate surface area is 257 Å². The molecule has 2 aliphatic rings. The number of thiazole rings is 1. The summed E-state index contributed by atoms with van der Waals surface area (Å²) in [5, 5.41) is 25.3. The summed E-state index contributed by atoms with van der Waals surface area (Å²) in [5.41, 5.74) is 2.08. The molecule has 0 aliphatic carbocycles. The Morgan fingerprint density at radius 2 is 1.88 bits per heavy atom. The molecule has 14 heteroatoms. The van der Waals surface area contributed by atoms with Gasteiger partial charge in [-0.25, -0.2) is 14.4 Å². The Morgan fingerprint density at radius 1 is 1.12 bits per heavy atom. The van der Waals surface area contributed by atoms with E-state index in [9.17, 15) is 14.4 Å². The van der Waals surface area contributed by atoms with Gasteiger partial charge < -0.3 is 14.7 Å². The van der Waals surface area contributed by atoms with Crippen LogP contribution in [0.15, 0.2) is 24.3 Å². The zero-order valence-corrected chi connectivity index (χ0v) is 25.8. The van der Waals surface area contributed by atoms with Gasteiger partial charge in [0.25, 0.3) is 0 Å². The van der Waals surface area contributed by atoms with Crippen molar-refractivity contribution in [2.75, 3.05) is 56.1 Å². The molecule has 5 heterocycles. The van der Waals surface area contributed by atoms with E-state index in [0.717, 1.165) is 47.7 Å². The monoisotopic (exact) mass is 618 g/mol. The number of anilines is 3. The highest BCUT2D eigenvalue weighted by Crippen LogP contribution is 2.38. The molecule has 0 N–H and O–H groups in total. The third-order valence-corrected chi connectivity index (χ3v) is 10.0. The van der Waals surface area contributed by atoms with E-state index in [0.29, 0.717) is 47.3 Å². The minimum Gasteiger partial charge on any atom is -0.343 e. The van der Waals surface area contributed by atoms with Gasteiger partial charge in [-0.05, 0) is 44.0 Å². The summed E-state index contributed by atoms with van der Waals surface area (Å²) >= 11 is 2.81. The van der Waals surface area contributed by atoms with Crippen LogP contribution in [0.4, 0.5) is 20.5 Å². The normalized spacial score (nSPS) is 17.2. The number of halogens is 1. The molecule has 2 fully saturated rings. The smallest absolute Gasteiger partial charge is 0.236 e. The molecule has 222 valence electrons. The number of carbonyl (C=O) groups is 1. The van der Waals surface area contributed by atoms with Crippen LogP contribution in [-0.4, -0.2) is 87.6 Å². The maximum Gasteiger partial charge on any atom is 0.236 e. The maximum absolute atomic E-state index is 13.5. The second-order valence-electron chi connectivity index (χ2n) is 10.8. The molecule has 6 rings (SSSR count). The Morgan fingerprint density at radius 3 is 2.56 bits per heavy atom. The van der Waals surface area contributed by atoms with Crippen molar-refractivity contribution in [3.63, 3.8) is 0 Å². The topological polar surface area (TPSA) is 121 Å². The molecule has 2 saturated heterocycles. The van der Waals surface area contributed by atoms with Crippen LogP contribution in [0.25, 0.3) is 16.2 Å². The average molecular weight is 619 g/mol. The van der Waals surface area contributed by atoms with Gasteiger partial charge in [0.2, 0.25) is 16.0 Å². The van der Waals surface area contributed by atoms with E-state index >= 15 is 0 Å². The SMILES string of the molecule is CCc1nc2sc(N(CC)[C@H]3CCN(CC(=O)N4CC(C#N)C4)C3)nn2c1N(C)c1nc(-c2ccc(F)cc2)c(C#N)s1. The summed E-state index contributed by atoms with van der Waals surface area (Å²) in [6, 6.07) is 10.7. The number of nitriles is 2. The summed E-state index contributed by atoms with van der Waals surface area (Å²) in [7, 11) is 1.90. The third-order valence-electron chi connectivity index (χ3n) is 8.06. The van der Waals surface area contributed by atoms with Crippen molar-refractivity contribution in [2.24, 2.45) is 5.92 Å². The molecule has 1 amide bonds. The van der Waals surface area contributed by atoms with Crippen LogP contribution in [0.2, 0.25) is 0 Å². The number of benzene rings is 1. The molecular weight excluding hydrogens is 588 g/mol. The summed E-state index contributed by atoms with van der Waals surface area (Å²) in [4.78, 5) is 31.7. The average Bonchev–Trinajstić information content (AvgIpc) is 3.76. The summed E-state index contributed by atoms with van der Waals surface area (Å²) in [6.07, 6.45) is 1.63. The van der Waals surface area contributed by atoms with Crippen LogP contribution in [0.1, 0.15) is 30.8 Å². The fourth-order valence-electron chi connectivity index (χ4n) is 5.70. The van der Waals surface area contributed by atoms with Crippen molar-refractivity contribution in [1.29, 1.82) is 10.5 Å². The molecule has 0 saturated carbocycles. The first-order chi connectivity index (χ1) is 20.8. The number of rotatable bonds is 9. The lowest BCUT2D eigenvalue weighted by molar-refractivity contribution is -0.137. The fraction of sp³-hybridized carbons (Fsp3) is 0.448. The summed E-state index contributed by atoms with van der Waals surface area (Å²) < 4.78 is 15.4. The first-order valence-electron chi connectivity index (χ1n) is 14.3. The highest BCUT2D eigenvalue weighted by atomic mass is 32.1. The summed E-state index contributed by atoms with van der Waals surface area (Å²) in [5.74, 6) is 0.508. The van der Waals surface area contributed by atoms with Crippen LogP contribution >= 0.6 is 22.7 Å². The third kappa shape index (κ3) is 5.42. The van der Waals surface area contributed by atoms with E-state index in [4.69, 9.17) is 20.3 Å². The van der Waals surface area contributed by atoms with Gasteiger partial charge in [0.15, 0.2) is 10.9 Å². The minimum absolute atomic E-state index is 0.0346. The van der Waals surface area contributed by atoms with E-state index in [2.05, 4.69) is 28.9 Å². The molecule has 4 aromatic rings. The highest BCUT2D eigenvalue weighted by molar-refractivity contribution is 7.20. The zero-order chi connectivity index (χ0) is 30.2. The number of imidazole rings is 1. The van der Waals surface area contributed by atoms with Crippen LogP contribution in [0.3, 0.4) is 0 Å². The van der Waals surface area contributed by atoms with Gasteiger partial charge in [0.1, 0.15) is 22.5 Å². The van der Waals surface area contributed by atoms with E-state index in [1.165, 1.54) is 34.8 Å². The number of carbonyl (C=O) groups excluding carboxylic acids is 1. The van der Waals surface area contributed by atoms with Crippen LogP contribution in [0.5, 0.6) is 0 Å². The summed E-state index contributed by atoms with van der Waals surface area (Å²) in [6.45, 7) is 7.98. The molecular formula is C29H31FN10OS2. The first-order valence-corrected chi connectivity index (χ1v) is 15.9. The van der Waals surface area contributed by atoms with Crippen molar-refractivity contribution in [1.82, 2.24) is 29.4 Å². The molecule has 1 aromatic carbocycles. The Kier molecular flexibility index (Phi) is 8.01. The molecule has 2 aliphatic heterocycles. The molecule has 0 radical (unpaired) electrons. The number of nitrogens with zero attached hydrogens (tertiary/aromatic N) is 10. The molecule has 0 bridgehead atoms. The minimum atomic E-state index is -0.343. The standard InChI is InChI=1S/C29H31FN10OS2/c1-4-22-26(36(3)27-34-25(23(13-32)42-27)19-6-8-20(30)9-7-19)40-28(33-22)43-29(35-40)39(5-2)21-10-11-37(16-21)17-24(41)38-14-18(12-31)15-38/h6-9,18,21H,4-5,10-11,14-17H2,1-3H3/t21-/m0/s1. The lowest BCUT2D eigenvalue weighted by Gasteiger charge is -2.36. The quantitative estimate of drug-likeness (QED) is 0.273. The predicted molar refractivity (Wildman–Crippen MR) is 164 cm³/mol. The van der Waals surface area contributed by atoms with Crippen LogP contribution in [-0.2, 0) is 11.2 Å². The number of fused-ring (bicyclic) bond motifs is 1. The van der Waals surface area contributed by atoms with Crippen LogP contribution in [0, 0.1) is 34.4 Å². The largest absolute Gasteiger partial charge is 0.343 e. The second kappa shape index (κ2) is 11.9. The van der Waals surface area contributed by atoms with Gasteiger partial charge in [-0.2, -0.15) is 15.0 Å². The molecule has 43 heavy (non-hydrogen) atoms. The van der Waals surface area contributed by atoms with Crippen molar-refractivity contribution < 1.29 is 9.18 Å². The number of amides is 1. The predicted octanol–water partition coefficient (Wildman–Crippen LogP) is 4.14. The maximum atomic E-state index is 13.5. The van der Waals surface area contributed by atoms with Gasteiger partial charge in [-0.15, -0.1) is 5.10 Å². The van der Waals surface area contributed by atoms with Gasteiger partial charge in [0.05, 0.1) is 24.2 Å². The van der Waals surface area contributed by atoms with Crippen molar-refractivity contribution in [2.45, 2.75) is 32.7 Å². The Balaban J connectivity index is 1.23. The van der Waals surface area contributed by atoms with E-state index in [1.54, 1.807) is 17.0 Å². The molecule has 1 atom stereocenters. The molecule has 11 nitrogen and oxygen atoms in total. The lowest BCUT2D eigenvalue weighted by Crippen LogP contribution is -2.52.